The van der Waals surface area contributed by atoms with Gasteiger partial charge in [-0.2, -0.15) is 16.9 Å². The molecule has 1 saturated heterocycles. The van der Waals surface area contributed by atoms with Gasteiger partial charge in [-0.15, -0.1) is 0 Å². The van der Waals surface area contributed by atoms with Crippen LogP contribution >= 0.6 is 11.8 Å². The fourth-order valence-electron chi connectivity index (χ4n) is 1.75. The molecule has 1 aliphatic rings. The van der Waals surface area contributed by atoms with Crippen molar-refractivity contribution in [3.8, 4) is 0 Å². The van der Waals surface area contributed by atoms with Gasteiger partial charge < -0.3 is 5.11 Å². The van der Waals surface area contributed by atoms with E-state index in [9.17, 15) is 8.42 Å². The molecule has 0 radical (unpaired) electrons. The van der Waals surface area contributed by atoms with E-state index in [1.807, 2.05) is 0 Å². The number of hydrogen-bond donors (Lipinski definition) is 2. The molecule has 102 valence electrons. The van der Waals surface area contributed by atoms with Crippen LogP contribution in [0.25, 0.3) is 0 Å². The normalized spacial score (nSPS) is 20.4. The van der Waals surface area contributed by atoms with Gasteiger partial charge in [0.05, 0.1) is 6.20 Å². The molecule has 0 bridgehead atoms. The minimum Gasteiger partial charge on any atom is -0.396 e. The first-order chi connectivity index (χ1) is 8.62. The summed E-state index contributed by atoms with van der Waals surface area (Å²) in [5, 5.41) is 12.7. The minimum absolute atomic E-state index is 0.0285. The molecule has 1 fully saturated rings. The zero-order chi connectivity index (χ0) is 13.0. The average molecular weight is 291 g/mol. The van der Waals surface area contributed by atoms with Crippen molar-refractivity contribution in [2.24, 2.45) is 0 Å². The third kappa shape index (κ3) is 3.47. The van der Waals surface area contributed by atoms with E-state index in [0.29, 0.717) is 13.0 Å². The molecule has 1 unspecified atom stereocenters. The van der Waals surface area contributed by atoms with E-state index in [-0.39, 0.29) is 17.5 Å². The molecule has 6 nitrogen and oxygen atoms in total. The predicted octanol–water partition coefficient (Wildman–Crippen LogP) is 0.0493. The first kappa shape index (κ1) is 13.9. The smallest absolute Gasteiger partial charge is 0.243 e. The Morgan fingerprint density at radius 3 is 3.11 bits per heavy atom. The monoisotopic (exact) mass is 291 g/mol. The SMILES string of the molecule is O=S(=O)(NC1CCSC1)c1cnn(CCCO)c1. The molecule has 0 spiro atoms. The molecule has 1 atom stereocenters. The zero-order valence-electron chi connectivity index (χ0n) is 9.95. The number of nitrogens with zero attached hydrogens (tertiary/aromatic N) is 2. The minimum atomic E-state index is -3.46. The van der Waals surface area contributed by atoms with E-state index in [4.69, 9.17) is 5.11 Å². The number of rotatable bonds is 6. The van der Waals surface area contributed by atoms with Crippen molar-refractivity contribution < 1.29 is 13.5 Å². The Morgan fingerprint density at radius 1 is 1.61 bits per heavy atom. The van der Waals surface area contributed by atoms with E-state index >= 15 is 0 Å². The maximum absolute atomic E-state index is 12.1. The summed E-state index contributed by atoms with van der Waals surface area (Å²) in [5.74, 6) is 1.83. The van der Waals surface area contributed by atoms with Crippen LogP contribution in [0.3, 0.4) is 0 Å². The highest BCUT2D eigenvalue weighted by molar-refractivity contribution is 7.99. The number of aromatic nitrogens is 2. The topological polar surface area (TPSA) is 84.2 Å². The number of aryl methyl sites for hydroxylation is 1. The lowest BCUT2D eigenvalue weighted by molar-refractivity contribution is 0.277. The summed E-state index contributed by atoms with van der Waals surface area (Å²) in [7, 11) is -3.46. The third-order valence-electron chi connectivity index (χ3n) is 2.72. The molecular formula is C10H17N3O3S2. The molecular weight excluding hydrogens is 274 g/mol. The number of aliphatic hydroxyl groups is 1. The van der Waals surface area contributed by atoms with Gasteiger partial charge in [-0.05, 0) is 18.6 Å². The van der Waals surface area contributed by atoms with E-state index < -0.39 is 10.0 Å². The van der Waals surface area contributed by atoms with E-state index in [1.165, 1.54) is 17.1 Å². The molecule has 2 rings (SSSR count). The molecule has 18 heavy (non-hydrogen) atoms. The molecule has 8 heteroatoms. The van der Waals surface area contributed by atoms with Gasteiger partial charge in [0, 0.05) is 31.1 Å². The Labute approximate surface area is 111 Å². The van der Waals surface area contributed by atoms with Gasteiger partial charge >= 0.3 is 0 Å². The van der Waals surface area contributed by atoms with Crippen LogP contribution in [0.4, 0.5) is 0 Å². The Bertz CT molecular complexity index is 480. The van der Waals surface area contributed by atoms with E-state index in [2.05, 4.69) is 9.82 Å². The van der Waals surface area contributed by atoms with E-state index in [1.54, 1.807) is 11.8 Å². The van der Waals surface area contributed by atoms with Gasteiger partial charge in [0.25, 0.3) is 0 Å². The van der Waals surface area contributed by atoms with Crippen molar-refractivity contribution >= 4 is 21.8 Å². The Morgan fingerprint density at radius 2 is 2.44 bits per heavy atom. The van der Waals surface area contributed by atoms with Crippen LogP contribution in [-0.4, -0.2) is 47.5 Å². The molecule has 1 aromatic rings. The van der Waals surface area contributed by atoms with Crippen molar-refractivity contribution in [2.45, 2.75) is 30.3 Å². The van der Waals surface area contributed by atoms with Crippen molar-refractivity contribution in [3.63, 3.8) is 0 Å². The Balaban J connectivity index is 2.02. The largest absolute Gasteiger partial charge is 0.396 e. The van der Waals surface area contributed by atoms with Crippen molar-refractivity contribution in [1.29, 1.82) is 0 Å². The summed E-state index contributed by atoms with van der Waals surface area (Å²) in [6, 6.07) is 0.0285. The highest BCUT2D eigenvalue weighted by atomic mass is 32.2. The van der Waals surface area contributed by atoms with Gasteiger partial charge in [-0.25, -0.2) is 13.1 Å². The number of aliphatic hydroxyl groups excluding tert-OH is 1. The standard InChI is InChI=1S/C10H17N3O3S2/c14-4-1-3-13-7-10(6-11-13)18(15,16)12-9-2-5-17-8-9/h6-7,9,12,14H,1-5,8H2. The van der Waals surface area contributed by atoms with Crippen molar-refractivity contribution in [2.75, 3.05) is 18.1 Å². The maximum Gasteiger partial charge on any atom is 0.243 e. The van der Waals surface area contributed by atoms with Crippen LogP contribution in [-0.2, 0) is 16.6 Å². The van der Waals surface area contributed by atoms with Gasteiger partial charge in [-0.3, -0.25) is 4.68 Å². The second kappa shape index (κ2) is 6.05. The molecule has 0 aliphatic carbocycles. The molecule has 2 heterocycles. The van der Waals surface area contributed by atoms with Crippen LogP contribution in [0.5, 0.6) is 0 Å². The van der Waals surface area contributed by atoms with Crippen LogP contribution in [0.15, 0.2) is 17.3 Å². The Kier molecular flexibility index (Phi) is 4.66. The van der Waals surface area contributed by atoms with Gasteiger partial charge in [-0.1, -0.05) is 0 Å². The fourth-order valence-corrected chi connectivity index (χ4v) is 4.23. The van der Waals surface area contributed by atoms with Crippen LogP contribution in [0.1, 0.15) is 12.8 Å². The number of nitrogens with one attached hydrogen (secondary N) is 1. The maximum atomic E-state index is 12.1. The van der Waals surface area contributed by atoms with Crippen molar-refractivity contribution in [1.82, 2.24) is 14.5 Å². The summed E-state index contributed by atoms with van der Waals surface area (Å²) in [4.78, 5) is 0.192. The average Bonchev–Trinajstić information content (AvgIpc) is 2.96. The number of thioether (sulfide) groups is 1. The molecule has 1 aliphatic heterocycles. The highest BCUT2D eigenvalue weighted by Crippen LogP contribution is 2.19. The van der Waals surface area contributed by atoms with Gasteiger partial charge in [0.2, 0.25) is 10.0 Å². The van der Waals surface area contributed by atoms with Crippen LogP contribution < -0.4 is 4.72 Å². The third-order valence-corrected chi connectivity index (χ3v) is 5.35. The van der Waals surface area contributed by atoms with Gasteiger partial charge in [0.1, 0.15) is 4.90 Å². The summed E-state index contributed by atoms with van der Waals surface area (Å²) in [5.41, 5.74) is 0. The lowest BCUT2D eigenvalue weighted by Gasteiger charge is -2.10. The number of sulfonamides is 1. The molecule has 1 aromatic heterocycles. The van der Waals surface area contributed by atoms with Crippen LogP contribution in [0, 0.1) is 0 Å². The summed E-state index contributed by atoms with van der Waals surface area (Å²) in [6.45, 7) is 0.588. The number of hydrogen-bond acceptors (Lipinski definition) is 5. The lowest BCUT2D eigenvalue weighted by Crippen LogP contribution is -2.34. The second-order valence-corrected chi connectivity index (χ2v) is 7.06. The summed E-state index contributed by atoms with van der Waals surface area (Å²) < 4.78 is 28.3. The first-order valence-electron chi connectivity index (χ1n) is 5.85. The lowest BCUT2D eigenvalue weighted by atomic mass is 10.3. The summed E-state index contributed by atoms with van der Waals surface area (Å²) in [6.07, 6.45) is 4.29. The quantitative estimate of drug-likeness (QED) is 0.773. The molecule has 0 saturated carbocycles. The molecule has 0 amide bonds. The highest BCUT2D eigenvalue weighted by Gasteiger charge is 2.24. The summed E-state index contributed by atoms with van der Waals surface area (Å²) >= 11 is 1.76. The fraction of sp³-hybridized carbons (Fsp3) is 0.700. The Hall–Kier alpha value is -0.570. The molecule has 0 aromatic carbocycles. The van der Waals surface area contributed by atoms with E-state index in [0.717, 1.165) is 17.9 Å². The molecule has 2 N–H and O–H groups in total. The van der Waals surface area contributed by atoms with Crippen LogP contribution in [0.2, 0.25) is 0 Å². The van der Waals surface area contributed by atoms with Crippen molar-refractivity contribution in [3.05, 3.63) is 12.4 Å². The first-order valence-corrected chi connectivity index (χ1v) is 8.49. The van der Waals surface area contributed by atoms with Gasteiger partial charge in [0.15, 0.2) is 0 Å². The second-order valence-electron chi connectivity index (χ2n) is 4.20. The predicted molar refractivity (Wildman–Crippen MR) is 70.0 cm³/mol. The zero-order valence-corrected chi connectivity index (χ0v) is 11.6.